The molecule has 2 nitrogen and oxygen atoms in total. The molecule has 112 valence electrons. The van der Waals surface area contributed by atoms with Crippen LogP contribution in [0.4, 0.5) is 0 Å². The van der Waals surface area contributed by atoms with Gasteiger partial charge in [-0.25, -0.2) is 0 Å². The predicted molar refractivity (Wildman–Crippen MR) is 87.1 cm³/mol. The monoisotopic (exact) mass is 274 g/mol. The summed E-state index contributed by atoms with van der Waals surface area (Å²) in [6, 6.07) is 6.63. The first-order chi connectivity index (χ1) is 9.27. The van der Waals surface area contributed by atoms with Crippen LogP contribution >= 0.6 is 0 Å². The molecule has 1 fully saturated rings. The van der Waals surface area contributed by atoms with Crippen LogP contribution in [0, 0.1) is 13.8 Å². The third-order valence-electron chi connectivity index (χ3n) is 5.12. The molecule has 0 radical (unpaired) electrons. The fraction of sp³-hybridized carbons (Fsp3) is 0.667. The van der Waals surface area contributed by atoms with Crippen LogP contribution in [0.25, 0.3) is 0 Å². The molecule has 1 saturated heterocycles. The van der Waals surface area contributed by atoms with Crippen LogP contribution in [0.5, 0.6) is 0 Å². The summed E-state index contributed by atoms with van der Waals surface area (Å²) in [5.41, 5.74) is 4.78. The zero-order chi connectivity index (χ0) is 15.0. The van der Waals surface area contributed by atoms with Crippen molar-refractivity contribution in [2.45, 2.75) is 65.6 Å². The Morgan fingerprint density at radius 3 is 2.30 bits per heavy atom. The second kappa shape index (κ2) is 5.50. The van der Waals surface area contributed by atoms with Gasteiger partial charge in [-0.3, -0.25) is 4.90 Å². The third kappa shape index (κ3) is 3.07. The van der Waals surface area contributed by atoms with E-state index >= 15 is 0 Å². The average Bonchev–Trinajstić information content (AvgIpc) is 2.39. The molecular formula is C18H30N2. The molecule has 1 atom stereocenters. The number of hydrogen-bond acceptors (Lipinski definition) is 2. The van der Waals surface area contributed by atoms with E-state index in [-0.39, 0.29) is 11.1 Å². The van der Waals surface area contributed by atoms with Crippen LogP contribution in [0.3, 0.4) is 0 Å². The summed E-state index contributed by atoms with van der Waals surface area (Å²) in [6.45, 7) is 17.0. The van der Waals surface area contributed by atoms with Crippen LogP contribution in [0.15, 0.2) is 18.2 Å². The lowest BCUT2D eigenvalue weighted by Crippen LogP contribution is -2.66. The summed E-state index contributed by atoms with van der Waals surface area (Å²) in [6.07, 6.45) is 1.17. The van der Waals surface area contributed by atoms with E-state index in [9.17, 15) is 0 Å². The molecule has 1 N–H and O–H groups in total. The first kappa shape index (κ1) is 15.5. The van der Waals surface area contributed by atoms with Crippen molar-refractivity contribution in [3.63, 3.8) is 0 Å². The largest absolute Gasteiger partial charge is 0.308 e. The van der Waals surface area contributed by atoms with E-state index in [0.29, 0.717) is 0 Å². The van der Waals surface area contributed by atoms with Crippen molar-refractivity contribution < 1.29 is 0 Å². The highest BCUT2D eigenvalue weighted by Crippen LogP contribution is 2.28. The predicted octanol–water partition coefficient (Wildman–Crippen LogP) is 3.66. The van der Waals surface area contributed by atoms with Gasteiger partial charge in [0.15, 0.2) is 0 Å². The van der Waals surface area contributed by atoms with Gasteiger partial charge in [-0.1, -0.05) is 25.1 Å². The standard InChI is InChI=1S/C18H30N2/c1-7-18(6)13-20(17(4,5)12-19-18)11-16-14(2)9-8-10-15(16)3/h8-10,19H,7,11-13H2,1-6H3. The molecule has 0 bridgehead atoms. The van der Waals surface area contributed by atoms with Gasteiger partial charge in [0.2, 0.25) is 0 Å². The van der Waals surface area contributed by atoms with Crippen molar-refractivity contribution in [2.24, 2.45) is 0 Å². The zero-order valence-electron chi connectivity index (χ0n) is 14.0. The molecule has 1 aliphatic heterocycles. The fourth-order valence-corrected chi connectivity index (χ4v) is 3.03. The summed E-state index contributed by atoms with van der Waals surface area (Å²) >= 11 is 0. The van der Waals surface area contributed by atoms with Gasteiger partial charge in [0.1, 0.15) is 0 Å². The Hall–Kier alpha value is -0.860. The van der Waals surface area contributed by atoms with Gasteiger partial charge in [0.05, 0.1) is 0 Å². The van der Waals surface area contributed by atoms with Crippen LogP contribution in [0.2, 0.25) is 0 Å². The van der Waals surface area contributed by atoms with Crippen molar-refractivity contribution in [1.82, 2.24) is 10.2 Å². The maximum absolute atomic E-state index is 3.74. The minimum atomic E-state index is 0.212. The number of aryl methyl sites for hydroxylation is 2. The van der Waals surface area contributed by atoms with Gasteiger partial charge in [0.25, 0.3) is 0 Å². The zero-order valence-corrected chi connectivity index (χ0v) is 14.0. The normalized spacial score (nSPS) is 26.7. The third-order valence-corrected chi connectivity index (χ3v) is 5.12. The Bertz CT molecular complexity index is 458. The Morgan fingerprint density at radius 2 is 1.75 bits per heavy atom. The molecule has 0 saturated carbocycles. The summed E-state index contributed by atoms with van der Waals surface area (Å²) in [4.78, 5) is 2.66. The maximum atomic E-state index is 3.74. The van der Waals surface area contributed by atoms with Crippen LogP contribution in [-0.2, 0) is 6.54 Å². The summed E-state index contributed by atoms with van der Waals surface area (Å²) in [7, 11) is 0. The SMILES string of the molecule is CCC1(C)CN(Cc2c(C)cccc2C)C(C)(C)CN1. The van der Waals surface area contributed by atoms with Crippen molar-refractivity contribution in [2.75, 3.05) is 13.1 Å². The van der Waals surface area contributed by atoms with Crippen LogP contribution in [-0.4, -0.2) is 29.1 Å². The first-order valence-electron chi connectivity index (χ1n) is 7.82. The highest BCUT2D eigenvalue weighted by Gasteiger charge is 2.39. The fourth-order valence-electron chi connectivity index (χ4n) is 3.03. The number of rotatable bonds is 3. The summed E-state index contributed by atoms with van der Waals surface area (Å²) in [5.74, 6) is 0. The number of hydrogen-bond donors (Lipinski definition) is 1. The summed E-state index contributed by atoms with van der Waals surface area (Å²) < 4.78 is 0. The Balaban J connectivity index is 2.25. The van der Waals surface area contributed by atoms with Crippen molar-refractivity contribution >= 4 is 0 Å². The van der Waals surface area contributed by atoms with E-state index in [2.05, 4.69) is 70.0 Å². The molecule has 1 heterocycles. The lowest BCUT2D eigenvalue weighted by Gasteiger charge is -2.51. The molecule has 1 aromatic carbocycles. The second-order valence-electron chi connectivity index (χ2n) is 7.31. The number of piperazine rings is 1. The van der Waals surface area contributed by atoms with E-state index in [1.54, 1.807) is 0 Å². The number of nitrogens with zero attached hydrogens (tertiary/aromatic N) is 1. The smallest absolute Gasteiger partial charge is 0.0282 e. The Morgan fingerprint density at radius 1 is 1.15 bits per heavy atom. The van der Waals surface area contributed by atoms with Crippen molar-refractivity contribution in [1.29, 1.82) is 0 Å². The molecule has 0 aliphatic carbocycles. The molecule has 2 rings (SSSR count). The van der Waals surface area contributed by atoms with Gasteiger partial charge in [0, 0.05) is 30.7 Å². The van der Waals surface area contributed by atoms with Crippen molar-refractivity contribution in [3.05, 3.63) is 34.9 Å². The molecule has 1 unspecified atom stereocenters. The van der Waals surface area contributed by atoms with Gasteiger partial charge >= 0.3 is 0 Å². The minimum Gasteiger partial charge on any atom is -0.308 e. The van der Waals surface area contributed by atoms with E-state index < -0.39 is 0 Å². The molecule has 0 aromatic heterocycles. The first-order valence-corrected chi connectivity index (χ1v) is 7.82. The highest BCUT2D eigenvalue weighted by atomic mass is 15.3. The van der Waals surface area contributed by atoms with Gasteiger partial charge in [-0.15, -0.1) is 0 Å². The second-order valence-corrected chi connectivity index (χ2v) is 7.31. The minimum absolute atomic E-state index is 0.212. The lowest BCUT2D eigenvalue weighted by atomic mass is 9.87. The highest BCUT2D eigenvalue weighted by molar-refractivity contribution is 5.33. The van der Waals surface area contributed by atoms with E-state index in [4.69, 9.17) is 0 Å². The Kier molecular flexibility index (Phi) is 4.27. The van der Waals surface area contributed by atoms with Crippen LogP contribution in [0.1, 0.15) is 50.8 Å². The molecular weight excluding hydrogens is 244 g/mol. The molecule has 1 aliphatic rings. The number of nitrogens with one attached hydrogen (secondary N) is 1. The average molecular weight is 274 g/mol. The van der Waals surface area contributed by atoms with Gasteiger partial charge in [-0.2, -0.15) is 0 Å². The topological polar surface area (TPSA) is 15.3 Å². The van der Waals surface area contributed by atoms with Gasteiger partial charge in [-0.05, 0) is 57.7 Å². The quantitative estimate of drug-likeness (QED) is 0.905. The molecule has 20 heavy (non-hydrogen) atoms. The van der Waals surface area contributed by atoms with E-state index in [1.165, 1.54) is 23.1 Å². The Labute approximate surface area is 124 Å². The molecule has 1 aromatic rings. The van der Waals surface area contributed by atoms with Crippen LogP contribution < -0.4 is 5.32 Å². The number of benzene rings is 1. The van der Waals surface area contributed by atoms with Gasteiger partial charge < -0.3 is 5.32 Å². The lowest BCUT2D eigenvalue weighted by molar-refractivity contribution is 0.0243. The summed E-state index contributed by atoms with van der Waals surface area (Å²) in [5, 5.41) is 3.74. The maximum Gasteiger partial charge on any atom is 0.0282 e. The molecule has 0 amide bonds. The van der Waals surface area contributed by atoms with E-state index in [1.807, 2.05) is 0 Å². The van der Waals surface area contributed by atoms with Crippen molar-refractivity contribution in [3.8, 4) is 0 Å². The molecule has 0 spiro atoms. The molecule has 2 heteroatoms. The van der Waals surface area contributed by atoms with E-state index in [0.717, 1.165) is 19.6 Å².